The maximum atomic E-state index is 12.6. The minimum absolute atomic E-state index is 0.0770. The van der Waals surface area contributed by atoms with Crippen molar-refractivity contribution in [2.75, 3.05) is 27.2 Å². The molecular formula is C12H17BrN2O5S. The lowest BCUT2D eigenvalue weighted by Crippen LogP contribution is -2.47. The van der Waals surface area contributed by atoms with Crippen LogP contribution in [0.4, 0.5) is 0 Å². The van der Waals surface area contributed by atoms with Gasteiger partial charge in [0.15, 0.2) is 4.67 Å². The molecule has 0 radical (unpaired) electrons. The zero-order valence-electron chi connectivity index (χ0n) is 11.7. The summed E-state index contributed by atoms with van der Waals surface area (Å²) < 4.78 is 31.5. The van der Waals surface area contributed by atoms with Crippen molar-refractivity contribution < 1.29 is 22.7 Å². The summed E-state index contributed by atoms with van der Waals surface area (Å²) in [5.74, 6) is -1.71. The van der Waals surface area contributed by atoms with E-state index in [9.17, 15) is 13.2 Å². The van der Waals surface area contributed by atoms with E-state index in [-0.39, 0.29) is 15.6 Å². The van der Waals surface area contributed by atoms with E-state index in [0.29, 0.717) is 13.1 Å². The lowest BCUT2D eigenvalue weighted by atomic mass is 10.1. The number of carbonyl (C=O) groups is 1. The number of hydrogen-bond acceptors (Lipinski definition) is 5. The van der Waals surface area contributed by atoms with Crippen LogP contribution in [0.2, 0.25) is 0 Å². The van der Waals surface area contributed by atoms with Gasteiger partial charge in [0.2, 0.25) is 15.8 Å². The molecule has 0 spiro atoms. The second-order valence-corrected chi connectivity index (χ2v) is 7.80. The molecule has 0 bridgehead atoms. The summed E-state index contributed by atoms with van der Waals surface area (Å²) in [5.41, 5.74) is 0. The normalized spacial score (nSPS) is 20.9. The van der Waals surface area contributed by atoms with Gasteiger partial charge in [-0.05, 0) is 42.9 Å². The predicted octanol–water partition coefficient (Wildman–Crippen LogP) is 1.46. The first-order valence-electron chi connectivity index (χ1n) is 6.42. The second-order valence-electron chi connectivity index (χ2n) is 5.18. The highest BCUT2D eigenvalue weighted by Gasteiger charge is 2.34. The van der Waals surface area contributed by atoms with Crippen molar-refractivity contribution in [3.05, 3.63) is 16.5 Å². The monoisotopic (exact) mass is 380 g/mol. The maximum absolute atomic E-state index is 12.6. The maximum Gasteiger partial charge on any atom is 0.371 e. The topological polar surface area (TPSA) is 91.1 Å². The molecule has 0 saturated carbocycles. The van der Waals surface area contributed by atoms with Gasteiger partial charge in [-0.3, -0.25) is 0 Å². The summed E-state index contributed by atoms with van der Waals surface area (Å²) in [6, 6.07) is 1.19. The van der Waals surface area contributed by atoms with Gasteiger partial charge in [-0.15, -0.1) is 0 Å². The van der Waals surface area contributed by atoms with Crippen molar-refractivity contribution in [2.45, 2.75) is 23.8 Å². The number of carboxylic acids is 1. The Morgan fingerprint density at radius 2 is 2.19 bits per heavy atom. The van der Waals surface area contributed by atoms with Gasteiger partial charge in [-0.25, -0.2) is 13.2 Å². The quantitative estimate of drug-likeness (QED) is 0.849. The molecule has 2 rings (SSSR count). The summed E-state index contributed by atoms with van der Waals surface area (Å²) in [6.45, 7) is 0.808. The van der Waals surface area contributed by atoms with E-state index < -0.39 is 21.8 Å². The van der Waals surface area contributed by atoms with Gasteiger partial charge in [-0.1, -0.05) is 0 Å². The third kappa shape index (κ3) is 3.31. The van der Waals surface area contributed by atoms with Crippen molar-refractivity contribution >= 4 is 31.9 Å². The van der Waals surface area contributed by atoms with Crippen LogP contribution in [0.1, 0.15) is 23.4 Å². The van der Waals surface area contributed by atoms with Crippen molar-refractivity contribution in [3.8, 4) is 0 Å². The molecule has 1 N–H and O–H groups in total. The van der Waals surface area contributed by atoms with Crippen LogP contribution in [0.3, 0.4) is 0 Å². The molecular weight excluding hydrogens is 364 g/mol. The Morgan fingerprint density at radius 3 is 2.71 bits per heavy atom. The van der Waals surface area contributed by atoms with Gasteiger partial charge in [-0.2, -0.15) is 4.31 Å². The molecule has 21 heavy (non-hydrogen) atoms. The zero-order chi connectivity index (χ0) is 15.8. The van der Waals surface area contributed by atoms with Crippen LogP contribution in [0.5, 0.6) is 0 Å². The van der Waals surface area contributed by atoms with Gasteiger partial charge in [0.1, 0.15) is 4.90 Å². The van der Waals surface area contributed by atoms with Crippen molar-refractivity contribution in [1.29, 1.82) is 0 Å². The van der Waals surface area contributed by atoms with Crippen LogP contribution in [0.15, 0.2) is 20.0 Å². The molecule has 0 aliphatic carbocycles. The zero-order valence-corrected chi connectivity index (χ0v) is 14.1. The molecule has 1 fully saturated rings. The average Bonchev–Trinajstić information content (AvgIpc) is 2.82. The number of aromatic carboxylic acids is 1. The van der Waals surface area contributed by atoms with Crippen LogP contribution in [-0.4, -0.2) is 61.9 Å². The van der Waals surface area contributed by atoms with E-state index in [1.807, 2.05) is 19.0 Å². The standard InChI is InChI=1S/C12H17BrN2O5S/c1-14(2)8-4-3-5-15(7-8)21(18,19)10-6-9(12(16)17)20-11(10)13/h6,8H,3-5,7H2,1-2H3,(H,16,17). The number of carboxylic acid groups (broad SMARTS) is 1. The van der Waals surface area contributed by atoms with E-state index in [2.05, 4.69) is 15.9 Å². The molecule has 1 aromatic heterocycles. The molecule has 7 nitrogen and oxygen atoms in total. The Labute approximate surface area is 131 Å². The number of hydrogen-bond donors (Lipinski definition) is 1. The molecule has 2 heterocycles. The Hall–Kier alpha value is -0.900. The van der Waals surface area contributed by atoms with E-state index in [4.69, 9.17) is 9.52 Å². The fourth-order valence-corrected chi connectivity index (χ4v) is 4.75. The minimum atomic E-state index is -3.77. The summed E-state index contributed by atoms with van der Waals surface area (Å²) in [4.78, 5) is 12.7. The van der Waals surface area contributed by atoms with Gasteiger partial charge in [0.25, 0.3) is 0 Å². The van der Waals surface area contributed by atoms with Gasteiger partial charge >= 0.3 is 5.97 Å². The number of sulfonamides is 1. The molecule has 1 saturated heterocycles. The van der Waals surface area contributed by atoms with Crippen molar-refractivity contribution in [2.24, 2.45) is 0 Å². The number of piperidine rings is 1. The summed E-state index contributed by atoms with van der Waals surface area (Å²) in [7, 11) is 0.0584. The van der Waals surface area contributed by atoms with Gasteiger partial charge in [0.05, 0.1) is 0 Å². The smallest absolute Gasteiger partial charge is 0.371 e. The third-order valence-electron chi connectivity index (χ3n) is 3.57. The molecule has 0 amide bonds. The second kappa shape index (κ2) is 6.07. The predicted molar refractivity (Wildman–Crippen MR) is 78.8 cm³/mol. The number of likely N-dealkylation sites (N-methyl/N-ethyl adjacent to an activating group) is 1. The van der Waals surface area contributed by atoms with Crippen molar-refractivity contribution in [1.82, 2.24) is 9.21 Å². The highest BCUT2D eigenvalue weighted by molar-refractivity contribution is 9.10. The van der Waals surface area contributed by atoms with Crippen LogP contribution in [-0.2, 0) is 10.0 Å². The van der Waals surface area contributed by atoms with E-state index in [1.54, 1.807) is 0 Å². The Bertz CT molecular complexity index is 640. The van der Waals surface area contributed by atoms with E-state index >= 15 is 0 Å². The number of nitrogens with zero attached hydrogens (tertiary/aromatic N) is 2. The van der Waals surface area contributed by atoms with Crippen LogP contribution >= 0.6 is 15.9 Å². The molecule has 118 valence electrons. The Morgan fingerprint density at radius 1 is 1.52 bits per heavy atom. The Kier molecular flexibility index (Phi) is 4.76. The highest BCUT2D eigenvalue weighted by atomic mass is 79.9. The largest absolute Gasteiger partial charge is 0.475 e. The fourth-order valence-electron chi connectivity index (χ4n) is 2.33. The molecule has 1 aromatic rings. The number of furan rings is 1. The lowest BCUT2D eigenvalue weighted by molar-refractivity contribution is 0.0661. The molecule has 1 atom stereocenters. The minimum Gasteiger partial charge on any atom is -0.475 e. The average molecular weight is 381 g/mol. The molecule has 0 aromatic carbocycles. The lowest BCUT2D eigenvalue weighted by Gasteiger charge is -2.35. The van der Waals surface area contributed by atoms with E-state index in [0.717, 1.165) is 18.9 Å². The van der Waals surface area contributed by atoms with Gasteiger partial charge in [0, 0.05) is 25.2 Å². The van der Waals surface area contributed by atoms with Gasteiger partial charge < -0.3 is 14.4 Å². The molecule has 1 aliphatic heterocycles. The van der Waals surface area contributed by atoms with Crippen molar-refractivity contribution in [3.63, 3.8) is 0 Å². The number of rotatable bonds is 4. The first kappa shape index (κ1) is 16.5. The number of halogens is 1. The Balaban J connectivity index is 2.31. The first-order chi connectivity index (χ1) is 9.73. The summed E-state index contributed by atoms with van der Waals surface area (Å²) in [5, 5.41) is 8.88. The van der Waals surface area contributed by atoms with Crippen LogP contribution in [0, 0.1) is 0 Å². The molecule has 1 aliphatic rings. The third-order valence-corrected chi connectivity index (χ3v) is 6.30. The van der Waals surface area contributed by atoms with Crippen LogP contribution in [0.25, 0.3) is 0 Å². The van der Waals surface area contributed by atoms with Crippen LogP contribution < -0.4 is 0 Å². The summed E-state index contributed by atoms with van der Waals surface area (Å²) in [6.07, 6.45) is 1.70. The highest BCUT2D eigenvalue weighted by Crippen LogP contribution is 2.30. The SMILES string of the molecule is CN(C)C1CCCN(S(=O)(=O)c2cc(C(=O)O)oc2Br)C1. The van der Waals surface area contributed by atoms with E-state index in [1.165, 1.54) is 4.31 Å². The molecule has 9 heteroatoms. The first-order valence-corrected chi connectivity index (χ1v) is 8.66. The molecule has 1 unspecified atom stereocenters. The summed E-state index contributed by atoms with van der Waals surface area (Å²) >= 11 is 2.99. The fraction of sp³-hybridized carbons (Fsp3) is 0.583.